The Bertz CT molecular complexity index is 1700. The van der Waals surface area contributed by atoms with Gasteiger partial charge in [-0.05, 0) is 90.4 Å². The minimum atomic E-state index is -0.162. The second kappa shape index (κ2) is 10.9. The van der Waals surface area contributed by atoms with E-state index in [0.717, 1.165) is 33.9 Å². The zero-order valence-corrected chi connectivity index (χ0v) is 23.4. The molecule has 0 unspecified atom stereocenters. The average molecular weight is 546 g/mol. The van der Waals surface area contributed by atoms with Crippen molar-refractivity contribution in [2.75, 3.05) is 11.9 Å². The van der Waals surface area contributed by atoms with Crippen molar-refractivity contribution in [2.45, 2.75) is 32.4 Å². The van der Waals surface area contributed by atoms with Crippen LogP contribution in [0, 0.1) is 13.8 Å². The highest BCUT2D eigenvalue weighted by molar-refractivity contribution is 7.80. The number of hydrogen-bond donors (Lipinski definition) is 2. The molecule has 1 aliphatic heterocycles. The maximum absolute atomic E-state index is 13.1. The molecule has 6 nitrogen and oxygen atoms in total. The number of aromatic nitrogens is 2. The first-order valence-corrected chi connectivity index (χ1v) is 13.9. The molecule has 2 atom stereocenters. The van der Waals surface area contributed by atoms with Crippen LogP contribution in [0.15, 0.2) is 103 Å². The molecule has 3 aromatic carbocycles. The number of fused-ring (bicyclic) bond motifs is 1. The summed E-state index contributed by atoms with van der Waals surface area (Å²) >= 11 is 5.86. The summed E-state index contributed by atoms with van der Waals surface area (Å²) in [6.45, 7) is 4.50. The average Bonchev–Trinajstić information content (AvgIpc) is 3.58. The van der Waals surface area contributed by atoms with Gasteiger partial charge in [0, 0.05) is 42.4 Å². The number of nitrogens with one attached hydrogen (secondary N) is 2. The molecule has 0 aliphatic carbocycles. The van der Waals surface area contributed by atoms with Crippen molar-refractivity contribution in [2.24, 2.45) is 0 Å². The predicted molar refractivity (Wildman–Crippen MR) is 165 cm³/mol. The van der Waals surface area contributed by atoms with E-state index in [2.05, 4.69) is 85.9 Å². The smallest absolute Gasteiger partial charge is 0.226 e. The van der Waals surface area contributed by atoms with Gasteiger partial charge in [-0.3, -0.25) is 9.78 Å². The third kappa shape index (κ3) is 5.08. The second-order valence-electron chi connectivity index (χ2n) is 10.3. The third-order valence-corrected chi connectivity index (χ3v) is 7.89. The fourth-order valence-corrected chi connectivity index (χ4v) is 5.80. The Morgan fingerprint density at radius 3 is 2.60 bits per heavy atom. The van der Waals surface area contributed by atoms with Gasteiger partial charge in [0.25, 0.3) is 0 Å². The minimum absolute atomic E-state index is 0.0403. The van der Waals surface area contributed by atoms with Gasteiger partial charge in [0.2, 0.25) is 5.91 Å². The summed E-state index contributed by atoms with van der Waals surface area (Å²) in [5.74, 6) is -0.0403. The van der Waals surface area contributed by atoms with Crippen molar-refractivity contribution >= 4 is 39.7 Å². The lowest BCUT2D eigenvalue weighted by Gasteiger charge is -2.29. The fraction of sp³-hybridized carbons (Fsp3) is 0.182. The first kappa shape index (κ1) is 25.8. The van der Waals surface area contributed by atoms with Gasteiger partial charge >= 0.3 is 0 Å². The Kier molecular flexibility index (Phi) is 7.05. The molecule has 3 heterocycles. The van der Waals surface area contributed by atoms with Crippen molar-refractivity contribution in [1.29, 1.82) is 0 Å². The van der Waals surface area contributed by atoms with Gasteiger partial charge in [0.05, 0.1) is 17.8 Å². The van der Waals surface area contributed by atoms with Crippen molar-refractivity contribution in [1.82, 2.24) is 19.8 Å². The van der Waals surface area contributed by atoms with Gasteiger partial charge in [0.15, 0.2) is 5.11 Å². The van der Waals surface area contributed by atoms with E-state index < -0.39 is 0 Å². The van der Waals surface area contributed by atoms with E-state index in [0.29, 0.717) is 18.1 Å². The number of thiocarbonyl (C=S) groups is 1. The Balaban J connectivity index is 1.32. The van der Waals surface area contributed by atoms with Crippen LogP contribution in [0.1, 0.15) is 41.0 Å². The van der Waals surface area contributed by atoms with Crippen molar-refractivity contribution in [3.63, 3.8) is 0 Å². The van der Waals surface area contributed by atoms with Crippen LogP contribution in [0.25, 0.3) is 16.5 Å². The Labute approximate surface area is 239 Å². The first-order chi connectivity index (χ1) is 19.5. The second-order valence-corrected chi connectivity index (χ2v) is 10.7. The Hall–Kier alpha value is -4.49. The minimum Gasteiger partial charge on any atom is -0.352 e. The third-order valence-electron chi connectivity index (χ3n) is 7.54. The van der Waals surface area contributed by atoms with Crippen LogP contribution >= 0.6 is 12.2 Å². The summed E-state index contributed by atoms with van der Waals surface area (Å²) in [7, 11) is 0. The van der Waals surface area contributed by atoms with Gasteiger partial charge < -0.3 is 20.1 Å². The molecule has 0 spiro atoms. The Morgan fingerprint density at radius 2 is 1.77 bits per heavy atom. The normalized spacial score (nSPS) is 16.8. The molecule has 1 aliphatic rings. The molecule has 40 heavy (non-hydrogen) atoms. The lowest BCUT2D eigenvalue weighted by molar-refractivity contribution is -0.116. The van der Waals surface area contributed by atoms with Crippen molar-refractivity contribution < 1.29 is 4.79 Å². The Morgan fingerprint density at radius 1 is 0.950 bits per heavy atom. The molecule has 7 heteroatoms. The van der Waals surface area contributed by atoms with Crippen LogP contribution in [-0.2, 0) is 4.79 Å². The topological polar surface area (TPSA) is 62.2 Å². The number of rotatable bonds is 7. The van der Waals surface area contributed by atoms with Gasteiger partial charge in [-0.1, -0.05) is 48.5 Å². The molecular weight excluding hydrogens is 514 g/mol. The molecule has 200 valence electrons. The molecule has 0 saturated carbocycles. The van der Waals surface area contributed by atoms with Crippen molar-refractivity contribution in [3.8, 4) is 5.69 Å². The zero-order chi connectivity index (χ0) is 27.6. The summed E-state index contributed by atoms with van der Waals surface area (Å²) in [4.78, 5) is 19.9. The lowest BCUT2D eigenvalue weighted by atomic mass is 10.0. The number of nitrogens with zero attached hydrogens (tertiary/aromatic N) is 3. The highest BCUT2D eigenvalue weighted by Gasteiger charge is 2.41. The number of aryl methyl sites for hydroxylation is 2. The summed E-state index contributed by atoms with van der Waals surface area (Å²) in [6.07, 6.45) is 4.19. The lowest BCUT2D eigenvalue weighted by Crippen LogP contribution is -2.33. The molecule has 2 aromatic heterocycles. The van der Waals surface area contributed by atoms with E-state index in [9.17, 15) is 4.79 Å². The van der Waals surface area contributed by atoms with E-state index in [1.54, 1.807) is 6.20 Å². The summed E-state index contributed by atoms with van der Waals surface area (Å²) < 4.78 is 2.21. The number of pyridine rings is 1. The SMILES string of the molecule is Cc1ccc(C)c(NC(=O)CCN2C(=S)N[C@H](c3ccccn3)[C@@H]2c2cccn2-c2ccc3ccccc3c2)c1. The molecule has 0 bridgehead atoms. The molecule has 6 rings (SSSR count). The summed E-state index contributed by atoms with van der Waals surface area (Å²) in [5.41, 5.74) is 6.05. The van der Waals surface area contributed by atoms with Gasteiger partial charge in [-0.2, -0.15) is 0 Å². The molecule has 2 N–H and O–H groups in total. The monoisotopic (exact) mass is 545 g/mol. The van der Waals surface area contributed by atoms with Crippen LogP contribution in [0.5, 0.6) is 0 Å². The van der Waals surface area contributed by atoms with Crippen LogP contribution < -0.4 is 10.6 Å². The predicted octanol–water partition coefficient (Wildman–Crippen LogP) is 6.64. The number of hydrogen-bond acceptors (Lipinski definition) is 3. The van der Waals surface area contributed by atoms with Gasteiger partial charge in [-0.25, -0.2) is 0 Å². The van der Waals surface area contributed by atoms with E-state index in [4.69, 9.17) is 12.2 Å². The fourth-order valence-electron chi connectivity index (χ4n) is 5.47. The van der Waals surface area contributed by atoms with Crippen LogP contribution in [0.2, 0.25) is 0 Å². The summed E-state index contributed by atoms with van der Waals surface area (Å²) in [6, 6.07) is 30.8. The largest absolute Gasteiger partial charge is 0.352 e. The number of anilines is 1. The first-order valence-electron chi connectivity index (χ1n) is 13.5. The number of amides is 1. The highest BCUT2D eigenvalue weighted by Crippen LogP contribution is 2.39. The molecule has 1 fully saturated rings. The quantitative estimate of drug-likeness (QED) is 0.225. The van der Waals surface area contributed by atoms with E-state index >= 15 is 0 Å². The standard InChI is InChI=1S/C33H31N5OS/c1-22-12-13-23(2)28(20-22)35-30(39)16-19-38-32(31(36-33(38)40)27-10-5-6-17-34-27)29-11-7-18-37(29)26-15-14-24-8-3-4-9-25(24)21-26/h3-15,17-18,20-21,31-32H,16,19H2,1-2H3,(H,35,39)(H,36,40)/t31-,32+/m1/s1. The van der Waals surface area contributed by atoms with Crippen molar-refractivity contribution in [3.05, 3.63) is 126 Å². The number of carbonyl (C=O) groups is 1. The zero-order valence-electron chi connectivity index (χ0n) is 22.5. The van der Waals surface area contributed by atoms with Crippen LogP contribution in [0.3, 0.4) is 0 Å². The molecule has 1 saturated heterocycles. The number of benzene rings is 3. The number of carbonyl (C=O) groups excluding carboxylic acids is 1. The van der Waals surface area contributed by atoms with Gasteiger partial charge in [0.1, 0.15) is 0 Å². The summed E-state index contributed by atoms with van der Waals surface area (Å²) in [5, 5.41) is 9.60. The van der Waals surface area contributed by atoms with Gasteiger partial charge in [-0.15, -0.1) is 0 Å². The maximum Gasteiger partial charge on any atom is 0.226 e. The highest BCUT2D eigenvalue weighted by atomic mass is 32.1. The molecular formula is C33H31N5OS. The van der Waals surface area contributed by atoms with Crippen LogP contribution in [0.4, 0.5) is 5.69 Å². The molecule has 0 radical (unpaired) electrons. The van der Waals surface area contributed by atoms with Crippen LogP contribution in [-0.4, -0.2) is 32.0 Å². The molecule has 1 amide bonds. The van der Waals surface area contributed by atoms with E-state index in [1.165, 1.54) is 10.8 Å². The van der Waals surface area contributed by atoms with E-state index in [1.807, 2.05) is 50.2 Å². The maximum atomic E-state index is 13.1. The van der Waals surface area contributed by atoms with E-state index in [-0.39, 0.29) is 18.0 Å². The molecule has 5 aromatic rings.